The number of imidazole rings is 1. The van der Waals surface area contributed by atoms with Gasteiger partial charge in [0.1, 0.15) is 26.0 Å². The number of carbonyl (C=O) groups excluding carboxylic acids is 1. The fourth-order valence-corrected chi connectivity index (χ4v) is 2.80. The Labute approximate surface area is 150 Å². The lowest BCUT2D eigenvalue weighted by Crippen LogP contribution is -2.34. The first-order valence-electron chi connectivity index (χ1n) is 8.29. The van der Waals surface area contributed by atoms with E-state index in [0.29, 0.717) is 24.7 Å². The molecule has 0 spiro atoms. The first kappa shape index (κ1) is 17.7. The van der Waals surface area contributed by atoms with Gasteiger partial charge in [0.2, 0.25) is 12.2 Å². The molecule has 0 saturated heterocycles. The van der Waals surface area contributed by atoms with Crippen molar-refractivity contribution in [2.24, 2.45) is 5.92 Å². The Morgan fingerprint density at radius 3 is 2.73 bits per heavy atom. The number of nitrogens with zero attached hydrogens (tertiary/aromatic N) is 3. The molecule has 1 aliphatic heterocycles. The molecule has 9 nitrogen and oxygen atoms in total. The highest BCUT2D eigenvalue weighted by Crippen LogP contribution is 2.34. The van der Waals surface area contributed by atoms with Crippen LogP contribution in [0.4, 0.5) is 5.82 Å². The Balaban J connectivity index is 1.71. The zero-order valence-corrected chi connectivity index (χ0v) is 14.5. The Kier molecular flexibility index (Phi) is 5.06. The largest absolute Gasteiger partial charge is 0.486 e. The summed E-state index contributed by atoms with van der Waals surface area (Å²) in [6.45, 7) is 4.98. The summed E-state index contributed by atoms with van der Waals surface area (Å²) in [6, 6.07) is 5.39. The van der Waals surface area contributed by atoms with E-state index < -0.39 is 4.92 Å². The number of nitrogens with one attached hydrogen (secondary N) is 1. The second kappa shape index (κ2) is 7.42. The van der Waals surface area contributed by atoms with Crippen molar-refractivity contribution in [1.29, 1.82) is 0 Å². The number of nitro groups is 1. The molecule has 1 aromatic heterocycles. The number of hydrogen-bond acceptors (Lipinski definition) is 6. The molecule has 2 aromatic rings. The van der Waals surface area contributed by atoms with Crippen LogP contribution in [0.15, 0.2) is 30.7 Å². The molecule has 9 heteroatoms. The van der Waals surface area contributed by atoms with Gasteiger partial charge >= 0.3 is 5.82 Å². The van der Waals surface area contributed by atoms with Crippen molar-refractivity contribution in [3.8, 4) is 11.5 Å². The molecule has 1 unspecified atom stereocenters. The van der Waals surface area contributed by atoms with Crippen molar-refractivity contribution in [3.05, 3.63) is 46.4 Å². The molecule has 138 valence electrons. The minimum absolute atomic E-state index is 0.0470. The van der Waals surface area contributed by atoms with E-state index in [0.717, 1.165) is 5.56 Å². The monoisotopic (exact) mass is 360 g/mol. The molecule has 0 aliphatic carbocycles. The first-order valence-corrected chi connectivity index (χ1v) is 8.29. The molecule has 0 radical (unpaired) electrons. The van der Waals surface area contributed by atoms with Crippen LogP contribution in [-0.4, -0.2) is 33.6 Å². The van der Waals surface area contributed by atoms with Gasteiger partial charge in [-0.15, -0.1) is 0 Å². The van der Waals surface area contributed by atoms with Crippen LogP contribution in [0.25, 0.3) is 0 Å². The molecule has 1 aliphatic rings. The summed E-state index contributed by atoms with van der Waals surface area (Å²) in [5.41, 5.74) is 0.911. The number of ether oxygens (including phenoxy) is 2. The molecule has 0 saturated carbocycles. The average Bonchev–Trinajstić information content (AvgIpc) is 3.08. The van der Waals surface area contributed by atoms with Crippen molar-refractivity contribution in [2.75, 3.05) is 13.2 Å². The molecule has 0 fully saturated rings. The van der Waals surface area contributed by atoms with Crippen molar-refractivity contribution >= 4 is 11.7 Å². The first-order chi connectivity index (χ1) is 12.4. The van der Waals surface area contributed by atoms with E-state index >= 15 is 0 Å². The maximum absolute atomic E-state index is 12.4. The average molecular weight is 360 g/mol. The topological polar surface area (TPSA) is 109 Å². The highest BCUT2D eigenvalue weighted by Gasteiger charge is 2.22. The number of amides is 1. The fourth-order valence-electron chi connectivity index (χ4n) is 2.80. The van der Waals surface area contributed by atoms with E-state index in [1.807, 2.05) is 32.0 Å². The second-order valence-electron chi connectivity index (χ2n) is 6.35. The lowest BCUT2D eigenvalue weighted by atomic mass is 9.95. The molecule has 1 amide bonds. The van der Waals surface area contributed by atoms with Crippen LogP contribution in [0.1, 0.15) is 25.5 Å². The predicted octanol–water partition coefficient (Wildman–Crippen LogP) is 2.08. The maximum atomic E-state index is 12.4. The van der Waals surface area contributed by atoms with Crippen molar-refractivity contribution in [1.82, 2.24) is 14.9 Å². The number of aromatic nitrogens is 2. The van der Waals surface area contributed by atoms with Gasteiger partial charge in [-0.05, 0) is 33.5 Å². The van der Waals surface area contributed by atoms with E-state index in [4.69, 9.17) is 9.47 Å². The second-order valence-corrected chi connectivity index (χ2v) is 6.35. The van der Waals surface area contributed by atoms with Crippen LogP contribution in [0.2, 0.25) is 0 Å². The van der Waals surface area contributed by atoms with E-state index in [9.17, 15) is 14.9 Å². The van der Waals surface area contributed by atoms with E-state index in [-0.39, 0.29) is 30.2 Å². The van der Waals surface area contributed by atoms with Crippen LogP contribution in [0.5, 0.6) is 11.5 Å². The summed E-state index contributed by atoms with van der Waals surface area (Å²) in [5, 5.41) is 13.6. The standard InChI is InChI=1S/C17H20N4O5/c1-11(2)17(12-3-4-13-14(7-12)26-6-5-25-13)19-16(22)9-20-8-15(18-10-20)21(23)24/h3-4,7-8,10-11,17H,5-6,9H2,1-2H3,(H,19,22). The minimum Gasteiger partial charge on any atom is -0.486 e. The van der Waals surface area contributed by atoms with Gasteiger partial charge in [0.05, 0.1) is 6.04 Å². The lowest BCUT2D eigenvalue weighted by molar-refractivity contribution is -0.389. The Morgan fingerprint density at radius 1 is 1.35 bits per heavy atom. The van der Waals surface area contributed by atoms with Gasteiger partial charge < -0.3 is 29.5 Å². The number of carbonyl (C=O) groups is 1. The smallest absolute Gasteiger partial charge is 0.381 e. The van der Waals surface area contributed by atoms with Crippen LogP contribution >= 0.6 is 0 Å². The fraction of sp³-hybridized carbons (Fsp3) is 0.412. The molecule has 2 heterocycles. The third kappa shape index (κ3) is 3.93. The summed E-state index contributed by atoms with van der Waals surface area (Å²) in [4.78, 5) is 26.1. The third-order valence-corrected chi connectivity index (χ3v) is 4.04. The number of hydrogen-bond donors (Lipinski definition) is 1. The number of benzene rings is 1. The van der Waals surface area contributed by atoms with Crippen molar-refractivity contribution < 1.29 is 19.2 Å². The molecule has 1 atom stereocenters. The summed E-state index contributed by atoms with van der Waals surface area (Å²) in [7, 11) is 0. The molecule has 26 heavy (non-hydrogen) atoms. The van der Waals surface area contributed by atoms with Gasteiger partial charge in [0.25, 0.3) is 0 Å². The highest BCUT2D eigenvalue weighted by atomic mass is 16.6. The van der Waals surface area contributed by atoms with E-state index in [1.54, 1.807) is 0 Å². The minimum atomic E-state index is -0.597. The third-order valence-electron chi connectivity index (χ3n) is 4.04. The summed E-state index contributed by atoms with van der Waals surface area (Å²) >= 11 is 0. The zero-order valence-electron chi connectivity index (χ0n) is 14.5. The predicted molar refractivity (Wildman–Crippen MR) is 92.0 cm³/mol. The summed E-state index contributed by atoms with van der Waals surface area (Å²) < 4.78 is 12.5. The molecular weight excluding hydrogens is 340 g/mol. The Hall–Kier alpha value is -3.10. The number of rotatable bonds is 6. The van der Waals surface area contributed by atoms with E-state index in [2.05, 4.69) is 10.3 Å². The van der Waals surface area contributed by atoms with Crippen LogP contribution in [-0.2, 0) is 11.3 Å². The molecule has 0 bridgehead atoms. The van der Waals surface area contributed by atoms with Crippen LogP contribution in [0.3, 0.4) is 0 Å². The van der Waals surface area contributed by atoms with Gasteiger partial charge in [0, 0.05) is 0 Å². The van der Waals surface area contributed by atoms with Gasteiger partial charge in [-0.2, -0.15) is 0 Å². The van der Waals surface area contributed by atoms with Gasteiger partial charge in [-0.3, -0.25) is 4.79 Å². The van der Waals surface area contributed by atoms with Gasteiger partial charge in [0.15, 0.2) is 11.5 Å². The number of fused-ring (bicyclic) bond motifs is 1. The van der Waals surface area contributed by atoms with Crippen molar-refractivity contribution in [2.45, 2.75) is 26.4 Å². The van der Waals surface area contributed by atoms with E-state index in [1.165, 1.54) is 17.1 Å². The molecule has 3 rings (SSSR count). The zero-order chi connectivity index (χ0) is 18.7. The maximum Gasteiger partial charge on any atom is 0.381 e. The normalized spacial score (nSPS) is 14.1. The Bertz CT molecular complexity index is 817. The SMILES string of the molecule is CC(C)C(NC(=O)Cn1cnc([N+](=O)[O-])c1)c1ccc2c(c1)OCCO2. The highest BCUT2D eigenvalue weighted by molar-refractivity contribution is 5.76. The lowest BCUT2D eigenvalue weighted by Gasteiger charge is -2.25. The van der Waals surface area contributed by atoms with Crippen molar-refractivity contribution in [3.63, 3.8) is 0 Å². The summed E-state index contributed by atoms with van der Waals surface area (Å²) in [5.74, 6) is 0.952. The quantitative estimate of drug-likeness (QED) is 0.624. The molecule has 1 aromatic carbocycles. The van der Waals surface area contributed by atoms with Crippen LogP contribution in [0, 0.1) is 16.0 Å². The van der Waals surface area contributed by atoms with Gasteiger partial charge in [-0.1, -0.05) is 19.9 Å². The Morgan fingerprint density at radius 2 is 2.08 bits per heavy atom. The molecular formula is C17H20N4O5. The summed E-state index contributed by atoms with van der Waals surface area (Å²) in [6.07, 6.45) is 2.50. The van der Waals surface area contributed by atoms with Crippen LogP contribution < -0.4 is 14.8 Å². The molecule has 1 N–H and O–H groups in total. The van der Waals surface area contributed by atoms with Gasteiger partial charge in [-0.25, -0.2) is 0 Å².